The van der Waals surface area contributed by atoms with Gasteiger partial charge in [0.15, 0.2) is 0 Å². The third-order valence-corrected chi connectivity index (χ3v) is 5.78. The van der Waals surface area contributed by atoms with Crippen LogP contribution in [-0.4, -0.2) is 4.98 Å². The average Bonchev–Trinajstić information content (AvgIpc) is 3.23. The molecule has 0 saturated carbocycles. The van der Waals surface area contributed by atoms with Crippen LogP contribution in [0.4, 0.5) is 18.9 Å². The fraction of sp³-hybridized carbons (Fsp3) is 0.0455. The zero-order chi connectivity index (χ0) is 22.9. The minimum absolute atomic E-state index is 0.215. The zero-order valence-electron chi connectivity index (χ0n) is 15.9. The van der Waals surface area contributed by atoms with Gasteiger partial charge in [0.25, 0.3) is 0 Å². The first-order valence-electron chi connectivity index (χ1n) is 8.98. The number of anilines is 1. The van der Waals surface area contributed by atoms with Crippen molar-refractivity contribution in [1.82, 2.24) is 4.98 Å². The van der Waals surface area contributed by atoms with Gasteiger partial charge < -0.3 is 9.73 Å². The fourth-order valence-corrected chi connectivity index (χ4v) is 4.16. The lowest BCUT2D eigenvalue weighted by atomic mass is 10.1. The molecule has 5 nitrogen and oxygen atoms in total. The van der Waals surface area contributed by atoms with Crippen molar-refractivity contribution >= 4 is 49.5 Å². The molecule has 0 bridgehead atoms. The molecule has 32 heavy (non-hydrogen) atoms. The highest BCUT2D eigenvalue weighted by molar-refractivity contribution is 9.10. The van der Waals surface area contributed by atoms with Gasteiger partial charge in [-0.25, -0.2) is 9.78 Å². The van der Waals surface area contributed by atoms with Gasteiger partial charge in [0.05, 0.1) is 11.3 Å². The molecule has 2 aromatic carbocycles. The minimum atomic E-state index is -4.69. The third kappa shape index (κ3) is 4.59. The van der Waals surface area contributed by atoms with Gasteiger partial charge in [-0.1, -0.05) is 28.1 Å². The van der Waals surface area contributed by atoms with Gasteiger partial charge in [0.1, 0.15) is 22.2 Å². The number of fused-ring (bicyclic) bond motifs is 1. The second-order valence-corrected chi connectivity index (χ2v) is 8.32. The van der Waals surface area contributed by atoms with Crippen LogP contribution in [0.25, 0.3) is 27.8 Å². The van der Waals surface area contributed by atoms with Crippen molar-refractivity contribution in [3.8, 4) is 17.3 Å². The standard InChI is InChI=1S/C22H11BrF3N3O2S/c23-14-3-1-2-12(6-14)18-11-32-21(29-18)13(9-27)10-28-15-4-5-16-17(22(24,25)26)8-20(30)31-19(16)7-15/h1-8,10-11,28H. The van der Waals surface area contributed by atoms with Crippen molar-refractivity contribution in [1.29, 1.82) is 5.26 Å². The number of thiazole rings is 1. The van der Waals surface area contributed by atoms with Crippen LogP contribution in [0.1, 0.15) is 10.6 Å². The maximum absolute atomic E-state index is 13.2. The summed E-state index contributed by atoms with van der Waals surface area (Å²) in [5.74, 6) is 0. The summed E-state index contributed by atoms with van der Waals surface area (Å²) in [6.07, 6.45) is -3.29. The average molecular weight is 518 g/mol. The Labute approximate surface area is 191 Å². The molecular formula is C22H11BrF3N3O2S. The molecule has 1 N–H and O–H groups in total. The van der Waals surface area contributed by atoms with Crippen LogP contribution >= 0.6 is 27.3 Å². The molecule has 2 aromatic heterocycles. The first-order chi connectivity index (χ1) is 15.2. The number of halogens is 4. The van der Waals surface area contributed by atoms with E-state index in [0.29, 0.717) is 22.5 Å². The monoisotopic (exact) mass is 517 g/mol. The summed E-state index contributed by atoms with van der Waals surface area (Å²) in [6.45, 7) is 0. The van der Waals surface area contributed by atoms with Crippen molar-refractivity contribution in [3.63, 3.8) is 0 Å². The normalized spacial score (nSPS) is 12.0. The van der Waals surface area contributed by atoms with Gasteiger partial charge in [-0.15, -0.1) is 11.3 Å². The molecule has 0 aliphatic rings. The number of nitrogens with zero attached hydrogens (tertiary/aromatic N) is 2. The van der Waals surface area contributed by atoms with Crippen LogP contribution < -0.4 is 10.9 Å². The van der Waals surface area contributed by atoms with E-state index in [1.807, 2.05) is 29.6 Å². The molecule has 0 aliphatic carbocycles. The first-order valence-corrected chi connectivity index (χ1v) is 10.7. The molecule has 0 aliphatic heterocycles. The SMILES string of the molecule is N#CC(=CNc1ccc2c(C(F)(F)F)cc(=O)oc2c1)c1nc(-c2cccc(Br)c2)cs1. The van der Waals surface area contributed by atoms with Gasteiger partial charge >= 0.3 is 11.8 Å². The van der Waals surface area contributed by atoms with Crippen LogP contribution in [0, 0.1) is 11.3 Å². The van der Waals surface area contributed by atoms with Crippen LogP contribution in [0.5, 0.6) is 0 Å². The van der Waals surface area contributed by atoms with Gasteiger partial charge in [-0.05, 0) is 24.3 Å². The second kappa shape index (κ2) is 8.61. The molecule has 0 unspecified atom stereocenters. The number of rotatable bonds is 4. The lowest BCUT2D eigenvalue weighted by Crippen LogP contribution is -2.11. The maximum atomic E-state index is 13.2. The predicted molar refractivity (Wildman–Crippen MR) is 120 cm³/mol. The number of hydrogen-bond acceptors (Lipinski definition) is 6. The molecular weight excluding hydrogens is 507 g/mol. The molecule has 4 aromatic rings. The molecule has 0 spiro atoms. The summed E-state index contributed by atoms with van der Waals surface area (Å²) in [6, 6.07) is 13.9. The van der Waals surface area contributed by atoms with E-state index in [4.69, 9.17) is 4.42 Å². The summed E-state index contributed by atoms with van der Waals surface area (Å²) in [7, 11) is 0. The number of nitrogens with one attached hydrogen (secondary N) is 1. The summed E-state index contributed by atoms with van der Waals surface area (Å²) < 4.78 is 45.4. The largest absolute Gasteiger partial charge is 0.423 e. The second-order valence-electron chi connectivity index (χ2n) is 6.55. The van der Waals surface area contributed by atoms with E-state index in [9.17, 15) is 23.2 Å². The van der Waals surface area contributed by atoms with Crippen molar-refractivity contribution < 1.29 is 17.6 Å². The number of benzene rings is 2. The van der Waals surface area contributed by atoms with Gasteiger partial charge in [0, 0.05) is 44.8 Å². The van der Waals surface area contributed by atoms with Crippen molar-refractivity contribution in [2.75, 3.05) is 5.32 Å². The number of nitriles is 1. The van der Waals surface area contributed by atoms with E-state index in [1.165, 1.54) is 35.7 Å². The Morgan fingerprint density at radius 1 is 1.22 bits per heavy atom. The molecule has 0 saturated heterocycles. The molecule has 0 fully saturated rings. The van der Waals surface area contributed by atoms with Crippen molar-refractivity contribution in [2.24, 2.45) is 0 Å². The minimum Gasteiger partial charge on any atom is -0.423 e. The third-order valence-electron chi connectivity index (χ3n) is 4.41. The molecule has 0 atom stereocenters. The van der Waals surface area contributed by atoms with E-state index < -0.39 is 17.4 Å². The number of hydrogen-bond donors (Lipinski definition) is 1. The molecule has 4 rings (SSSR count). The Balaban J connectivity index is 1.63. The highest BCUT2D eigenvalue weighted by atomic mass is 79.9. The Hall–Kier alpha value is -3.42. The molecule has 0 amide bonds. The van der Waals surface area contributed by atoms with Gasteiger partial charge in [-0.2, -0.15) is 18.4 Å². The summed E-state index contributed by atoms with van der Waals surface area (Å²) in [5, 5.41) is 14.5. The lowest BCUT2D eigenvalue weighted by molar-refractivity contribution is -0.136. The summed E-state index contributed by atoms with van der Waals surface area (Å²) in [5.41, 5.74) is -0.201. The van der Waals surface area contributed by atoms with Gasteiger partial charge in [-0.3, -0.25) is 0 Å². The predicted octanol–water partition coefficient (Wildman–Crippen LogP) is 6.67. The van der Waals surface area contributed by atoms with Crippen molar-refractivity contribution in [2.45, 2.75) is 6.18 Å². The Kier molecular flexibility index (Phi) is 5.86. The van der Waals surface area contributed by atoms with Crippen LogP contribution in [-0.2, 0) is 6.18 Å². The molecule has 10 heteroatoms. The van der Waals surface area contributed by atoms with E-state index in [1.54, 1.807) is 0 Å². The van der Waals surface area contributed by atoms with Gasteiger partial charge in [0.2, 0.25) is 0 Å². The van der Waals surface area contributed by atoms with E-state index in [2.05, 4.69) is 32.3 Å². The van der Waals surface area contributed by atoms with E-state index in [-0.39, 0.29) is 16.5 Å². The Morgan fingerprint density at radius 3 is 2.75 bits per heavy atom. The van der Waals surface area contributed by atoms with Crippen LogP contribution in [0.2, 0.25) is 0 Å². The van der Waals surface area contributed by atoms with Crippen LogP contribution in [0.3, 0.4) is 0 Å². The summed E-state index contributed by atoms with van der Waals surface area (Å²) in [4.78, 5) is 16.0. The van der Waals surface area contributed by atoms with Crippen molar-refractivity contribution in [3.05, 3.63) is 85.6 Å². The lowest BCUT2D eigenvalue weighted by Gasteiger charge is -2.10. The zero-order valence-corrected chi connectivity index (χ0v) is 18.3. The Bertz CT molecular complexity index is 1450. The fourth-order valence-electron chi connectivity index (χ4n) is 2.96. The molecule has 2 heterocycles. The molecule has 160 valence electrons. The maximum Gasteiger partial charge on any atom is 0.417 e. The van der Waals surface area contributed by atoms with Crippen LogP contribution in [0.15, 0.2) is 73.8 Å². The number of aromatic nitrogens is 1. The summed E-state index contributed by atoms with van der Waals surface area (Å²) >= 11 is 4.69. The van der Waals surface area contributed by atoms with E-state index in [0.717, 1.165) is 10.0 Å². The first kappa shape index (κ1) is 21.8. The quantitative estimate of drug-likeness (QED) is 0.241. The smallest absolute Gasteiger partial charge is 0.417 e. The topological polar surface area (TPSA) is 78.9 Å². The highest BCUT2D eigenvalue weighted by Crippen LogP contribution is 2.34. The van der Waals surface area contributed by atoms with E-state index >= 15 is 0 Å². The Morgan fingerprint density at radius 2 is 2.03 bits per heavy atom. The number of alkyl halides is 3. The highest BCUT2D eigenvalue weighted by Gasteiger charge is 2.33. The molecule has 0 radical (unpaired) electrons. The number of allylic oxidation sites excluding steroid dienone is 1.